The minimum absolute atomic E-state index is 0.0696. The van der Waals surface area contributed by atoms with Crippen molar-refractivity contribution in [3.8, 4) is 24.3 Å². The number of allylic oxidation sites excluding steroid dienone is 1. The number of rotatable bonds is 2. The Morgan fingerprint density at radius 1 is 1.08 bits per heavy atom. The average Bonchev–Trinajstić information content (AvgIpc) is 2.55. The van der Waals surface area contributed by atoms with Crippen LogP contribution in [0, 0.1) is 62.1 Å². The molecule has 0 radical (unpaired) electrons. The molecule has 1 saturated heterocycles. The van der Waals surface area contributed by atoms with Gasteiger partial charge < -0.3 is 9.16 Å². The molecule has 0 amide bonds. The van der Waals surface area contributed by atoms with Crippen LogP contribution in [0.2, 0.25) is 18.1 Å². The molecule has 7 heteroatoms. The largest absolute Gasteiger partial charge is 0.546 e. The second-order valence-corrected chi connectivity index (χ2v) is 13.2. The fourth-order valence-electron chi connectivity index (χ4n) is 3.37. The third-order valence-electron chi connectivity index (χ3n) is 6.05. The van der Waals surface area contributed by atoms with E-state index in [1.54, 1.807) is 6.08 Å². The number of fused-ring (bicyclic) bond motifs is 4. The second kappa shape index (κ2) is 6.44. The van der Waals surface area contributed by atoms with Crippen molar-refractivity contribution in [1.82, 2.24) is 0 Å². The maximum atomic E-state index is 9.95. The first-order valence-corrected chi connectivity index (χ1v) is 11.6. The maximum Gasteiger partial charge on any atom is 0.250 e. The number of hydrogen-bond acceptors (Lipinski definition) is 6. The zero-order chi connectivity index (χ0) is 19.8. The molecular formula is C19H24N4O2Si. The van der Waals surface area contributed by atoms with Gasteiger partial charge in [-0.1, -0.05) is 20.8 Å². The van der Waals surface area contributed by atoms with Crippen LogP contribution in [0.3, 0.4) is 0 Å². The first-order chi connectivity index (χ1) is 12.0. The van der Waals surface area contributed by atoms with E-state index in [9.17, 15) is 21.0 Å². The quantitative estimate of drug-likeness (QED) is 0.685. The van der Waals surface area contributed by atoms with Gasteiger partial charge >= 0.3 is 0 Å². The SMILES string of the molecule is CC(C)(C)[Si](C)(C)OC1=C[C@H]2OCCC[C@@H]1C(C#N)(C#N)C2(C#N)C#N. The molecule has 2 atom stereocenters. The van der Waals surface area contributed by atoms with Crippen LogP contribution in [0.4, 0.5) is 0 Å². The Hall–Kier alpha value is -2.32. The van der Waals surface area contributed by atoms with Gasteiger partial charge in [0.15, 0.2) is 5.41 Å². The van der Waals surface area contributed by atoms with Gasteiger partial charge in [0.05, 0.1) is 30.0 Å². The van der Waals surface area contributed by atoms with Crippen molar-refractivity contribution in [3.05, 3.63) is 11.8 Å². The Bertz CT molecular complexity index is 755. The fourth-order valence-corrected chi connectivity index (χ4v) is 4.48. The van der Waals surface area contributed by atoms with Crippen LogP contribution < -0.4 is 0 Å². The summed E-state index contributed by atoms with van der Waals surface area (Å²) in [5.74, 6) is -0.0865. The molecule has 0 N–H and O–H groups in total. The summed E-state index contributed by atoms with van der Waals surface area (Å²) in [4.78, 5) is 0. The predicted molar refractivity (Wildman–Crippen MR) is 96.1 cm³/mol. The van der Waals surface area contributed by atoms with E-state index < -0.39 is 31.2 Å². The number of ether oxygens (including phenoxy) is 1. The molecule has 2 heterocycles. The lowest BCUT2D eigenvalue weighted by atomic mass is 9.53. The Balaban J connectivity index is 2.70. The van der Waals surface area contributed by atoms with Gasteiger partial charge in [0.25, 0.3) is 0 Å². The normalized spacial score (nSPS) is 26.7. The molecule has 136 valence electrons. The van der Waals surface area contributed by atoms with E-state index in [0.717, 1.165) is 0 Å². The predicted octanol–water partition coefficient (Wildman–Crippen LogP) is 3.77. The molecule has 2 aliphatic heterocycles. The molecule has 2 bridgehead atoms. The van der Waals surface area contributed by atoms with Crippen LogP contribution in [0.15, 0.2) is 11.8 Å². The molecule has 6 nitrogen and oxygen atoms in total. The maximum absolute atomic E-state index is 9.95. The molecule has 0 aromatic rings. The van der Waals surface area contributed by atoms with Crippen LogP contribution in [0.1, 0.15) is 33.6 Å². The zero-order valence-corrected chi connectivity index (χ0v) is 17.0. The minimum Gasteiger partial charge on any atom is -0.546 e. The topological polar surface area (TPSA) is 114 Å². The van der Waals surface area contributed by atoms with E-state index in [-0.39, 0.29) is 5.04 Å². The minimum atomic E-state index is -2.23. The van der Waals surface area contributed by atoms with E-state index in [0.29, 0.717) is 25.2 Å². The van der Waals surface area contributed by atoms with Gasteiger partial charge in [0, 0.05) is 12.5 Å². The first-order valence-electron chi connectivity index (χ1n) is 8.72. The summed E-state index contributed by atoms with van der Waals surface area (Å²) < 4.78 is 12.2. The monoisotopic (exact) mass is 368 g/mol. The third-order valence-corrected chi connectivity index (χ3v) is 10.4. The van der Waals surface area contributed by atoms with E-state index in [4.69, 9.17) is 9.16 Å². The molecular weight excluding hydrogens is 344 g/mol. The van der Waals surface area contributed by atoms with Crippen molar-refractivity contribution in [2.45, 2.75) is 57.8 Å². The number of hydrogen-bond donors (Lipinski definition) is 0. The van der Waals surface area contributed by atoms with Gasteiger partial charge in [-0.3, -0.25) is 0 Å². The van der Waals surface area contributed by atoms with Gasteiger partial charge in [0.2, 0.25) is 13.7 Å². The highest BCUT2D eigenvalue weighted by Crippen LogP contribution is 2.57. The van der Waals surface area contributed by atoms with Gasteiger partial charge in [-0.05, 0) is 37.0 Å². The van der Waals surface area contributed by atoms with E-state index in [1.807, 2.05) is 24.3 Å². The smallest absolute Gasteiger partial charge is 0.250 e. The van der Waals surface area contributed by atoms with Gasteiger partial charge in [-0.2, -0.15) is 21.0 Å². The Morgan fingerprint density at radius 3 is 2.08 bits per heavy atom. The molecule has 1 aliphatic carbocycles. The molecule has 0 unspecified atom stereocenters. The second-order valence-electron chi connectivity index (χ2n) is 8.48. The molecule has 0 spiro atoms. The van der Waals surface area contributed by atoms with Crippen molar-refractivity contribution in [2.75, 3.05) is 6.61 Å². The summed E-state index contributed by atoms with van der Waals surface area (Å²) in [5.41, 5.74) is -3.70. The van der Waals surface area contributed by atoms with E-state index in [1.165, 1.54) is 0 Å². The third kappa shape index (κ3) is 2.60. The number of nitriles is 4. The van der Waals surface area contributed by atoms with Crippen molar-refractivity contribution >= 4 is 8.32 Å². The van der Waals surface area contributed by atoms with Crippen molar-refractivity contribution in [2.24, 2.45) is 16.7 Å². The summed E-state index contributed by atoms with van der Waals surface area (Å²) >= 11 is 0. The van der Waals surface area contributed by atoms with Crippen molar-refractivity contribution in [1.29, 1.82) is 21.0 Å². The molecule has 1 fully saturated rings. The molecule has 3 rings (SSSR count). The van der Waals surface area contributed by atoms with Gasteiger partial charge in [-0.15, -0.1) is 0 Å². The Morgan fingerprint density at radius 2 is 1.62 bits per heavy atom. The summed E-state index contributed by atoms with van der Waals surface area (Å²) in [7, 11) is -2.23. The van der Waals surface area contributed by atoms with Crippen molar-refractivity contribution < 1.29 is 9.16 Å². The van der Waals surface area contributed by atoms with Gasteiger partial charge in [-0.25, -0.2) is 0 Å². The van der Waals surface area contributed by atoms with Crippen LogP contribution in [0.5, 0.6) is 0 Å². The standard InChI is InChI=1S/C19H24N4O2Si/c1-17(2,3)26(4,5)25-15-9-16-19(12-22,13-23)18(10-20,11-21)14(15)7-6-8-24-16/h9,14,16H,6-8H2,1-5H3/t14-,16+/m0/s1. The highest BCUT2D eigenvalue weighted by molar-refractivity contribution is 6.74. The highest BCUT2D eigenvalue weighted by Gasteiger charge is 2.67. The lowest BCUT2D eigenvalue weighted by Gasteiger charge is -2.49. The van der Waals surface area contributed by atoms with Crippen LogP contribution >= 0.6 is 0 Å². The summed E-state index contributed by atoms with van der Waals surface area (Å²) in [5, 5.41) is 39.5. The molecule has 26 heavy (non-hydrogen) atoms. The molecule has 0 saturated carbocycles. The summed E-state index contributed by atoms with van der Waals surface area (Å²) in [6, 6.07) is 7.95. The lowest BCUT2D eigenvalue weighted by Crippen LogP contribution is -2.57. The summed E-state index contributed by atoms with van der Waals surface area (Å²) in [6.07, 6.45) is 1.80. The average molecular weight is 369 g/mol. The Labute approximate surface area is 156 Å². The van der Waals surface area contributed by atoms with E-state index in [2.05, 4.69) is 33.9 Å². The highest BCUT2D eigenvalue weighted by atomic mass is 28.4. The first kappa shape index (κ1) is 20.0. The van der Waals surface area contributed by atoms with Gasteiger partial charge in [0.1, 0.15) is 6.10 Å². The zero-order valence-electron chi connectivity index (χ0n) is 16.0. The van der Waals surface area contributed by atoms with Crippen molar-refractivity contribution in [3.63, 3.8) is 0 Å². The lowest BCUT2D eigenvalue weighted by molar-refractivity contribution is -0.0449. The van der Waals surface area contributed by atoms with Crippen LogP contribution in [-0.2, 0) is 9.16 Å². The van der Waals surface area contributed by atoms with E-state index >= 15 is 0 Å². The number of nitrogens with zero attached hydrogens (tertiary/aromatic N) is 4. The van der Waals surface area contributed by atoms with Crippen LogP contribution in [0.25, 0.3) is 0 Å². The Kier molecular flexibility index (Phi) is 4.95. The molecule has 0 aromatic heterocycles. The molecule has 3 aliphatic rings. The summed E-state index contributed by atoms with van der Waals surface area (Å²) in [6.45, 7) is 10.9. The van der Waals surface area contributed by atoms with Crippen LogP contribution in [-0.4, -0.2) is 21.0 Å². The fraction of sp³-hybridized carbons (Fsp3) is 0.684. The molecule has 0 aromatic carbocycles.